The van der Waals surface area contributed by atoms with Crippen LogP contribution in [0.5, 0.6) is 0 Å². The van der Waals surface area contributed by atoms with Crippen molar-refractivity contribution in [2.75, 3.05) is 33.2 Å². The minimum atomic E-state index is 0.337. The highest BCUT2D eigenvalue weighted by Gasteiger charge is 2.31. The van der Waals surface area contributed by atoms with Crippen molar-refractivity contribution in [3.05, 3.63) is 89.3 Å². The van der Waals surface area contributed by atoms with Gasteiger partial charge in [-0.25, -0.2) is 0 Å². The predicted molar refractivity (Wildman–Crippen MR) is 150 cm³/mol. The average Bonchev–Trinajstić information content (AvgIpc) is 3.37. The lowest BCUT2D eigenvalue weighted by Crippen LogP contribution is -2.43. The van der Waals surface area contributed by atoms with Crippen LogP contribution < -0.4 is 5.32 Å². The Morgan fingerprint density at radius 3 is 2.39 bits per heavy atom. The van der Waals surface area contributed by atoms with Gasteiger partial charge in [0.05, 0.1) is 12.2 Å². The zero-order chi connectivity index (χ0) is 26.2. The fraction of sp³-hybridized carbons (Fsp3) is 0.500. The van der Waals surface area contributed by atoms with Crippen LogP contribution in [0.3, 0.4) is 0 Å². The van der Waals surface area contributed by atoms with Crippen LogP contribution in [-0.4, -0.2) is 54.1 Å². The standard InChI is InChI=1S/C32H42N4O2/c1-35(23-27-10-6-3-7-11-27)24-31-21-30(34-38-31)19-29-22-33-15-12-28(29)20-32(37)36-16-13-26(14-17-36)18-25-8-4-2-5-9-25/h2-11,21,26,28-29,33H,12-20,22-24H2,1H3/t28-,29-/m0/s1. The Kier molecular flexibility index (Phi) is 9.26. The average molecular weight is 515 g/mol. The van der Waals surface area contributed by atoms with Crippen LogP contribution >= 0.6 is 0 Å². The second kappa shape index (κ2) is 13.2. The number of aromatic nitrogens is 1. The third-order valence-electron chi connectivity index (χ3n) is 8.34. The van der Waals surface area contributed by atoms with E-state index in [1.165, 1.54) is 11.1 Å². The van der Waals surface area contributed by atoms with Gasteiger partial charge in [0, 0.05) is 32.1 Å². The van der Waals surface area contributed by atoms with Crippen LogP contribution in [0.4, 0.5) is 0 Å². The molecule has 202 valence electrons. The number of piperidine rings is 2. The molecule has 0 saturated carbocycles. The summed E-state index contributed by atoms with van der Waals surface area (Å²) in [5.41, 5.74) is 3.70. The molecule has 0 unspecified atom stereocenters. The van der Waals surface area contributed by atoms with Gasteiger partial charge in [0.2, 0.25) is 5.91 Å². The van der Waals surface area contributed by atoms with E-state index in [0.29, 0.717) is 30.1 Å². The molecule has 5 rings (SSSR count). The minimum absolute atomic E-state index is 0.337. The van der Waals surface area contributed by atoms with Crippen LogP contribution in [0.25, 0.3) is 0 Å². The van der Waals surface area contributed by atoms with Crippen molar-refractivity contribution in [3.8, 4) is 0 Å². The van der Waals surface area contributed by atoms with Gasteiger partial charge in [-0.2, -0.15) is 0 Å². The Labute approximate surface area is 227 Å². The lowest BCUT2D eigenvalue weighted by atomic mass is 9.80. The quantitative estimate of drug-likeness (QED) is 0.415. The van der Waals surface area contributed by atoms with Gasteiger partial charge < -0.3 is 14.7 Å². The van der Waals surface area contributed by atoms with Crippen molar-refractivity contribution in [3.63, 3.8) is 0 Å². The fourth-order valence-corrected chi connectivity index (χ4v) is 6.18. The van der Waals surface area contributed by atoms with E-state index in [1.807, 2.05) is 6.07 Å². The van der Waals surface area contributed by atoms with Crippen molar-refractivity contribution in [1.82, 2.24) is 20.3 Å². The first-order valence-corrected chi connectivity index (χ1v) is 14.3. The molecule has 3 aromatic rings. The largest absolute Gasteiger partial charge is 0.360 e. The molecule has 2 aliphatic rings. The third kappa shape index (κ3) is 7.55. The lowest BCUT2D eigenvalue weighted by molar-refractivity contribution is -0.134. The third-order valence-corrected chi connectivity index (χ3v) is 8.34. The number of rotatable bonds is 10. The maximum absolute atomic E-state index is 13.3. The summed E-state index contributed by atoms with van der Waals surface area (Å²) in [5.74, 6) is 2.72. The maximum Gasteiger partial charge on any atom is 0.222 e. The van der Waals surface area contributed by atoms with Gasteiger partial charge in [-0.1, -0.05) is 65.8 Å². The summed E-state index contributed by atoms with van der Waals surface area (Å²) in [6, 6.07) is 23.3. The van der Waals surface area contributed by atoms with Gasteiger partial charge in [-0.3, -0.25) is 9.69 Å². The number of hydrogen-bond acceptors (Lipinski definition) is 5. The van der Waals surface area contributed by atoms with E-state index in [1.54, 1.807) is 0 Å². The summed E-state index contributed by atoms with van der Waals surface area (Å²) in [7, 11) is 2.10. The maximum atomic E-state index is 13.3. The van der Waals surface area contributed by atoms with Gasteiger partial charge >= 0.3 is 0 Å². The zero-order valence-electron chi connectivity index (χ0n) is 22.7. The van der Waals surface area contributed by atoms with Crippen LogP contribution in [0.15, 0.2) is 71.3 Å². The number of nitrogens with one attached hydrogen (secondary N) is 1. The Hall–Kier alpha value is -2.96. The summed E-state index contributed by atoms with van der Waals surface area (Å²) in [6.45, 7) is 5.32. The number of carbonyl (C=O) groups is 1. The minimum Gasteiger partial charge on any atom is -0.360 e. The molecule has 2 fully saturated rings. The van der Waals surface area contributed by atoms with Gasteiger partial charge in [0.1, 0.15) is 0 Å². The van der Waals surface area contributed by atoms with E-state index >= 15 is 0 Å². The molecule has 1 amide bonds. The van der Waals surface area contributed by atoms with Crippen molar-refractivity contribution in [1.29, 1.82) is 0 Å². The Bertz CT molecular complexity index is 1120. The topological polar surface area (TPSA) is 61.6 Å². The molecule has 0 aliphatic carbocycles. The monoisotopic (exact) mass is 514 g/mol. The van der Waals surface area contributed by atoms with Crippen LogP contribution in [0, 0.1) is 17.8 Å². The molecule has 2 atom stereocenters. The SMILES string of the molecule is CN(Cc1ccccc1)Cc1cc(C[C@H]2CNCC[C@H]2CC(=O)N2CCC(Cc3ccccc3)CC2)no1. The Balaban J connectivity index is 1.09. The van der Waals surface area contributed by atoms with E-state index in [0.717, 1.165) is 82.8 Å². The van der Waals surface area contributed by atoms with E-state index in [9.17, 15) is 4.79 Å². The molecule has 0 radical (unpaired) electrons. The molecule has 0 bridgehead atoms. The van der Waals surface area contributed by atoms with Gasteiger partial charge in [-0.15, -0.1) is 0 Å². The summed E-state index contributed by atoms with van der Waals surface area (Å²) in [6.07, 6.45) is 5.90. The normalized spacial score (nSPS) is 20.6. The molecule has 38 heavy (non-hydrogen) atoms. The highest BCUT2D eigenvalue weighted by atomic mass is 16.5. The zero-order valence-corrected chi connectivity index (χ0v) is 22.7. The van der Waals surface area contributed by atoms with Gasteiger partial charge in [-0.05, 0) is 81.1 Å². The van der Waals surface area contributed by atoms with Crippen LogP contribution in [0.1, 0.15) is 48.3 Å². The number of carbonyl (C=O) groups excluding carboxylic acids is 1. The van der Waals surface area contributed by atoms with Crippen LogP contribution in [0.2, 0.25) is 0 Å². The lowest BCUT2D eigenvalue weighted by Gasteiger charge is -2.36. The number of amides is 1. The van der Waals surface area contributed by atoms with Crippen molar-refractivity contribution in [2.45, 2.75) is 51.6 Å². The highest BCUT2D eigenvalue weighted by molar-refractivity contribution is 5.76. The first kappa shape index (κ1) is 26.6. The molecule has 1 N–H and O–H groups in total. The Morgan fingerprint density at radius 2 is 1.66 bits per heavy atom. The summed E-state index contributed by atoms with van der Waals surface area (Å²) in [5, 5.41) is 7.93. The number of benzene rings is 2. The second-order valence-corrected chi connectivity index (χ2v) is 11.4. The molecular weight excluding hydrogens is 472 g/mol. The fourth-order valence-electron chi connectivity index (χ4n) is 6.18. The van der Waals surface area contributed by atoms with Crippen molar-refractivity contribution in [2.24, 2.45) is 17.8 Å². The highest BCUT2D eigenvalue weighted by Crippen LogP contribution is 2.29. The molecule has 2 aliphatic heterocycles. The van der Waals surface area contributed by atoms with E-state index in [-0.39, 0.29) is 0 Å². The van der Waals surface area contributed by atoms with Crippen LogP contribution in [-0.2, 0) is 30.7 Å². The molecule has 3 heterocycles. The predicted octanol–water partition coefficient (Wildman–Crippen LogP) is 4.95. The molecule has 6 nitrogen and oxygen atoms in total. The Morgan fingerprint density at radius 1 is 0.947 bits per heavy atom. The number of likely N-dealkylation sites (tertiary alicyclic amines) is 1. The van der Waals surface area contributed by atoms with Gasteiger partial charge in [0.25, 0.3) is 0 Å². The molecule has 1 aromatic heterocycles. The summed E-state index contributed by atoms with van der Waals surface area (Å²) < 4.78 is 5.69. The molecule has 6 heteroatoms. The first-order valence-electron chi connectivity index (χ1n) is 14.3. The van der Waals surface area contributed by atoms with E-state index in [2.05, 4.69) is 88.0 Å². The van der Waals surface area contributed by atoms with Crippen molar-refractivity contribution < 1.29 is 9.32 Å². The molecule has 2 aromatic carbocycles. The summed E-state index contributed by atoms with van der Waals surface area (Å²) in [4.78, 5) is 17.6. The first-order chi connectivity index (χ1) is 18.6. The van der Waals surface area contributed by atoms with E-state index < -0.39 is 0 Å². The van der Waals surface area contributed by atoms with Gasteiger partial charge in [0.15, 0.2) is 5.76 Å². The van der Waals surface area contributed by atoms with E-state index in [4.69, 9.17) is 4.52 Å². The smallest absolute Gasteiger partial charge is 0.222 e. The summed E-state index contributed by atoms with van der Waals surface area (Å²) >= 11 is 0. The number of hydrogen-bond donors (Lipinski definition) is 1. The molecule has 2 saturated heterocycles. The second-order valence-electron chi connectivity index (χ2n) is 11.4. The molecular formula is C32H42N4O2. The van der Waals surface area contributed by atoms with Crippen molar-refractivity contribution >= 4 is 5.91 Å². The molecule has 0 spiro atoms. The number of nitrogens with zero attached hydrogens (tertiary/aromatic N) is 3.